The van der Waals surface area contributed by atoms with Gasteiger partial charge in [-0.25, -0.2) is 14.2 Å². The lowest BCUT2D eigenvalue weighted by atomic mass is 9.73. The maximum absolute atomic E-state index is 14.7. The van der Waals surface area contributed by atoms with E-state index in [1.807, 2.05) is 0 Å². The fourth-order valence-corrected chi connectivity index (χ4v) is 2.95. The largest absolute Gasteiger partial charge is 0.352 e. The van der Waals surface area contributed by atoms with Crippen molar-refractivity contribution in [2.45, 2.75) is 31.1 Å². The summed E-state index contributed by atoms with van der Waals surface area (Å²) in [6.07, 6.45) is 3.24. The molecule has 0 atom stereocenters. The van der Waals surface area contributed by atoms with Crippen LogP contribution in [0.3, 0.4) is 0 Å². The first-order valence-electron chi connectivity index (χ1n) is 7.22. The van der Waals surface area contributed by atoms with Crippen LogP contribution in [0.1, 0.15) is 18.4 Å². The number of hydrogen-bond donors (Lipinski definition) is 1. The van der Waals surface area contributed by atoms with Crippen LogP contribution in [-0.4, -0.2) is 21.5 Å². The summed E-state index contributed by atoms with van der Waals surface area (Å²) in [5.74, 6) is -0.335. The van der Waals surface area contributed by atoms with Crippen molar-refractivity contribution < 1.29 is 9.18 Å². The number of halogens is 2. The molecule has 5 nitrogen and oxygen atoms in total. The van der Waals surface area contributed by atoms with Gasteiger partial charge in [0.1, 0.15) is 12.2 Å². The van der Waals surface area contributed by atoms with E-state index in [2.05, 4.69) is 10.3 Å². The molecule has 1 fully saturated rings. The summed E-state index contributed by atoms with van der Waals surface area (Å²) < 4.78 is 15.9. The maximum atomic E-state index is 14.7. The van der Waals surface area contributed by atoms with Gasteiger partial charge in [0.15, 0.2) is 0 Å². The zero-order valence-electron chi connectivity index (χ0n) is 12.2. The molecule has 1 saturated carbocycles. The third-order valence-electron chi connectivity index (χ3n) is 3.94. The van der Waals surface area contributed by atoms with Gasteiger partial charge in [0.2, 0.25) is 5.91 Å². The van der Waals surface area contributed by atoms with Gasteiger partial charge in [-0.15, -0.1) is 0 Å². The summed E-state index contributed by atoms with van der Waals surface area (Å²) in [5.41, 5.74) is -1.43. The van der Waals surface area contributed by atoms with E-state index in [9.17, 15) is 14.0 Å². The number of benzene rings is 1. The second-order valence-electron chi connectivity index (χ2n) is 5.68. The van der Waals surface area contributed by atoms with E-state index in [-0.39, 0.29) is 31.3 Å². The van der Waals surface area contributed by atoms with Crippen LogP contribution in [0, 0.1) is 0 Å². The molecule has 1 aromatic heterocycles. The summed E-state index contributed by atoms with van der Waals surface area (Å²) in [4.78, 5) is 26.9. The van der Waals surface area contributed by atoms with Crippen molar-refractivity contribution in [2.75, 3.05) is 0 Å². The molecule has 23 heavy (non-hydrogen) atoms. The van der Waals surface area contributed by atoms with Gasteiger partial charge in [0.05, 0.1) is 0 Å². The molecule has 0 aliphatic heterocycles. The van der Waals surface area contributed by atoms with Gasteiger partial charge in [-0.3, -0.25) is 9.36 Å². The smallest absolute Gasteiger partial charge is 0.347 e. The predicted molar refractivity (Wildman–Crippen MR) is 83.9 cm³/mol. The average Bonchev–Trinajstić information content (AvgIpc) is 2.48. The lowest BCUT2D eigenvalue weighted by Crippen LogP contribution is -2.52. The van der Waals surface area contributed by atoms with E-state index in [0.717, 1.165) is 0 Å². The average molecular weight is 336 g/mol. The molecule has 120 valence electrons. The minimum absolute atomic E-state index is 0.125. The molecule has 0 spiro atoms. The molecule has 3 rings (SSSR count). The van der Waals surface area contributed by atoms with Crippen molar-refractivity contribution in [2.24, 2.45) is 0 Å². The Balaban J connectivity index is 1.57. The Kier molecular flexibility index (Phi) is 4.17. The number of carbonyl (C=O) groups is 1. The third-order valence-corrected chi connectivity index (χ3v) is 4.18. The first-order valence-corrected chi connectivity index (χ1v) is 7.60. The van der Waals surface area contributed by atoms with Crippen LogP contribution in [0.25, 0.3) is 0 Å². The molecule has 1 aliphatic rings. The molecule has 1 amide bonds. The molecule has 1 N–H and O–H groups in total. The van der Waals surface area contributed by atoms with Gasteiger partial charge >= 0.3 is 5.69 Å². The van der Waals surface area contributed by atoms with Crippen LogP contribution >= 0.6 is 11.6 Å². The molecular weight excluding hydrogens is 321 g/mol. The molecule has 1 aliphatic carbocycles. The van der Waals surface area contributed by atoms with E-state index < -0.39 is 11.4 Å². The van der Waals surface area contributed by atoms with E-state index in [0.29, 0.717) is 10.6 Å². The topological polar surface area (TPSA) is 64.0 Å². The van der Waals surface area contributed by atoms with Crippen molar-refractivity contribution in [3.63, 3.8) is 0 Å². The lowest BCUT2D eigenvalue weighted by molar-refractivity contribution is -0.124. The Morgan fingerprint density at radius 3 is 2.91 bits per heavy atom. The van der Waals surface area contributed by atoms with E-state index >= 15 is 0 Å². The summed E-state index contributed by atoms with van der Waals surface area (Å²) in [5, 5.41) is 3.22. The molecule has 1 heterocycles. The first-order chi connectivity index (χ1) is 11.0. The van der Waals surface area contributed by atoms with Crippen molar-refractivity contribution in [3.05, 3.63) is 63.8 Å². The Morgan fingerprint density at radius 1 is 1.43 bits per heavy atom. The first kappa shape index (κ1) is 15.7. The van der Waals surface area contributed by atoms with Crippen LogP contribution in [0.4, 0.5) is 4.39 Å². The number of alkyl halides is 1. The van der Waals surface area contributed by atoms with Crippen LogP contribution in [0.15, 0.2) is 47.5 Å². The fraction of sp³-hybridized carbons (Fsp3) is 0.312. The second kappa shape index (κ2) is 6.12. The van der Waals surface area contributed by atoms with Gasteiger partial charge in [-0.05, 0) is 23.8 Å². The Bertz CT molecular complexity index is 787. The maximum Gasteiger partial charge on any atom is 0.347 e. The number of aromatic nitrogens is 2. The highest BCUT2D eigenvalue weighted by atomic mass is 35.5. The number of amides is 1. The summed E-state index contributed by atoms with van der Waals surface area (Å²) in [6, 6.07) is 8.02. The third kappa shape index (κ3) is 3.42. The number of carbonyl (C=O) groups excluding carboxylic acids is 1. The van der Waals surface area contributed by atoms with E-state index in [1.165, 1.54) is 17.0 Å². The van der Waals surface area contributed by atoms with Gasteiger partial charge < -0.3 is 5.32 Å². The summed E-state index contributed by atoms with van der Waals surface area (Å²) in [7, 11) is 0. The molecule has 0 radical (unpaired) electrons. The summed E-state index contributed by atoms with van der Waals surface area (Å²) >= 11 is 5.88. The highest BCUT2D eigenvalue weighted by Crippen LogP contribution is 2.45. The quantitative estimate of drug-likeness (QED) is 0.930. The standard InChI is InChI=1S/C16H15ClFN3O2/c17-12-4-1-3-11(7-12)16(18)8-13(9-16)20-14(22)10-21-6-2-5-19-15(21)23/h1-7,13H,8-10H2,(H,20,22). The molecule has 1 aromatic carbocycles. The summed E-state index contributed by atoms with van der Waals surface area (Å²) in [6.45, 7) is -0.125. The molecular formula is C16H15ClFN3O2. The van der Waals surface area contributed by atoms with Crippen LogP contribution in [-0.2, 0) is 17.0 Å². The molecule has 2 aromatic rings. The number of nitrogens with zero attached hydrogens (tertiary/aromatic N) is 2. The van der Waals surface area contributed by atoms with Gasteiger partial charge in [0.25, 0.3) is 0 Å². The Morgan fingerprint density at radius 2 is 2.22 bits per heavy atom. The van der Waals surface area contributed by atoms with Crippen molar-refractivity contribution >= 4 is 17.5 Å². The lowest BCUT2D eigenvalue weighted by Gasteiger charge is -2.42. The second-order valence-corrected chi connectivity index (χ2v) is 6.11. The SMILES string of the molecule is O=C(Cn1cccnc1=O)NC1CC(F)(c2cccc(Cl)c2)C1. The number of rotatable bonds is 4. The zero-order chi connectivity index (χ0) is 16.4. The predicted octanol–water partition coefficient (Wildman–Crippen LogP) is 2.04. The van der Waals surface area contributed by atoms with Crippen LogP contribution < -0.4 is 11.0 Å². The van der Waals surface area contributed by atoms with Crippen LogP contribution in [0.2, 0.25) is 5.02 Å². The minimum Gasteiger partial charge on any atom is -0.352 e. The normalized spacial score (nSPS) is 23.1. The van der Waals surface area contributed by atoms with E-state index in [4.69, 9.17) is 11.6 Å². The zero-order valence-corrected chi connectivity index (χ0v) is 13.0. The molecule has 7 heteroatoms. The van der Waals surface area contributed by atoms with Gasteiger partial charge in [-0.2, -0.15) is 0 Å². The van der Waals surface area contributed by atoms with Crippen LogP contribution in [0.5, 0.6) is 0 Å². The highest BCUT2D eigenvalue weighted by molar-refractivity contribution is 6.30. The van der Waals surface area contributed by atoms with Crippen molar-refractivity contribution in [3.8, 4) is 0 Å². The molecule has 0 saturated heterocycles. The monoisotopic (exact) mass is 335 g/mol. The number of hydrogen-bond acceptors (Lipinski definition) is 3. The minimum atomic E-state index is -1.46. The Hall–Kier alpha value is -2.21. The van der Waals surface area contributed by atoms with Gasteiger partial charge in [0, 0.05) is 36.3 Å². The van der Waals surface area contributed by atoms with Gasteiger partial charge in [-0.1, -0.05) is 23.7 Å². The van der Waals surface area contributed by atoms with Crippen molar-refractivity contribution in [1.82, 2.24) is 14.9 Å². The van der Waals surface area contributed by atoms with Crippen molar-refractivity contribution in [1.29, 1.82) is 0 Å². The Labute approximate surface area is 137 Å². The van der Waals surface area contributed by atoms with E-state index in [1.54, 1.807) is 30.3 Å². The number of nitrogens with one attached hydrogen (secondary N) is 1. The molecule has 0 unspecified atom stereocenters. The highest BCUT2D eigenvalue weighted by Gasteiger charge is 2.46. The molecule has 0 bridgehead atoms. The fourth-order valence-electron chi connectivity index (χ4n) is 2.76.